The van der Waals surface area contributed by atoms with Crippen LogP contribution in [0.4, 0.5) is 0 Å². The van der Waals surface area contributed by atoms with Crippen LogP contribution in [0.25, 0.3) is 0 Å². The number of hydrogen-bond acceptors (Lipinski definition) is 11. The van der Waals surface area contributed by atoms with Crippen LogP contribution in [0.15, 0.2) is 0 Å². The molecule has 4 aliphatic rings. The SMILES string of the molecule is CC[C@H]1OC(=O)[C@H](C)[C@H]2OCC(=O)CO[C@](C)(C[C@@H](C)C(=O)[C@H](C)[C@H]3CC(=O)C[C@@]31C)[C@H](O[C@@H]1O[C@H](C)C[C@H](N(C)C)[C@H]1OC)[C@H]2C. The number of carbonyl (C=O) groups excluding carboxylic acids is 4. The van der Waals surface area contributed by atoms with Gasteiger partial charge in [0.25, 0.3) is 0 Å². The highest BCUT2D eigenvalue weighted by molar-refractivity contribution is 5.87. The number of nitrogens with zero attached hydrogens (tertiary/aromatic N) is 1. The predicted molar refractivity (Wildman–Crippen MR) is 173 cm³/mol. The average molecular weight is 666 g/mol. The summed E-state index contributed by atoms with van der Waals surface area (Å²) >= 11 is 0. The highest BCUT2D eigenvalue weighted by Gasteiger charge is 2.56. The fourth-order valence-corrected chi connectivity index (χ4v) is 9.15. The average Bonchev–Trinajstić information content (AvgIpc) is 3.34. The van der Waals surface area contributed by atoms with Crippen LogP contribution < -0.4 is 0 Å². The zero-order chi connectivity index (χ0) is 35.0. The second-order valence-electron chi connectivity index (χ2n) is 15.6. The lowest BCUT2D eigenvalue weighted by atomic mass is 9.66. The monoisotopic (exact) mass is 665 g/mol. The largest absolute Gasteiger partial charge is 0.461 e. The van der Waals surface area contributed by atoms with E-state index in [1.165, 1.54) is 0 Å². The number of ketones is 3. The Morgan fingerprint density at radius 3 is 2.26 bits per heavy atom. The summed E-state index contributed by atoms with van der Waals surface area (Å²) in [6.45, 7) is 14.8. The molecule has 0 N–H and O–H groups in total. The minimum Gasteiger partial charge on any atom is -0.461 e. The van der Waals surface area contributed by atoms with Gasteiger partial charge < -0.3 is 33.3 Å². The van der Waals surface area contributed by atoms with Gasteiger partial charge in [-0.05, 0) is 60.0 Å². The number of carbonyl (C=O) groups is 4. The van der Waals surface area contributed by atoms with Crippen molar-refractivity contribution >= 4 is 23.3 Å². The number of methoxy groups -OCH3 is 1. The summed E-state index contributed by atoms with van der Waals surface area (Å²) in [5.41, 5.74) is -1.86. The molecule has 3 heterocycles. The van der Waals surface area contributed by atoms with Gasteiger partial charge in [-0.2, -0.15) is 0 Å². The Labute approximate surface area is 281 Å². The van der Waals surface area contributed by atoms with Crippen LogP contribution in [-0.4, -0.2) is 111 Å². The summed E-state index contributed by atoms with van der Waals surface area (Å²) in [6, 6.07) is 0.00343. The summed E-state index contributed by atoms with van der Waals surface area (Å²) < 4.78 is 38.4. The standard InChI is InChI=1S/C36H59NO10/c1-12-28-35(7)16-24(38)14-26(35)21(4)29(40)19(2)15-36(8)32(47-34-31(42-11)27(37(9)10)13-20(3)45-34)22(5)30(23(6)33(41)46-28)43-17-25(39)18-44-36/h19-23,26-28,30-32,34H,12-18H2,1-11H3/t19-,20-,21-,22+,23-,26-,27+,28-,30+,31-,32-,34+,35+,36-/m1/s1. The molecule has 0 aromatic heterocycles. The number of Topliss-reactive ketones (excluding diaryl/α,β-unsaturated/α-hetero) is 3. The summed E-state index contributed by atoms with van der Waals surface area (Å²) in [7, 11) is 5.62. The molecule has 11 heteroatoms. The number of rotatable bonds is 5. The molecule has 47 heavy (non-hydrogen) atoms. The molecule has 0 aromatic carbocycles. The lowest BCUT2D eigenvalue weighted by molar-refractivity contribution is -0.305. The maximum absolute atomic E-state index is 14.3. The van der Waals surface area contributed by atoms with E-state index in [1.807, 2.05) is 62.6 Å². The third-order valence-corrected chi connectivity index (χ3v) is 11.8. The van der Waals surface area contributed by atoms with Crippen molar-refractivity contribution < 1.29 is 47.6 Å². The molecule has 2 bridgehead atoms. The van der Waals surface area contributed by atoms with Crippen LogP contribution >= 0.6 is 0 Å². The second-order valence-corrected chi connectivity index (χ2v) is 15.6. The minimum atomic E-state index is -1.17. The first-order valence-corrected chi connectivity index (χ1v) is 17.5. The summed E-state index contributed by atoms with van der Waals surface area (Å²) in [6.07, 6.45) is -1.52. The van der Waals surface area contributed by atoms with E-state index in [2.05, 4.69) is 4.90 Å². The van der Waals surface area contributed by atoms with E-state index in [0.29, 0.717) is 6.42 Å². The smallest absolute Gasteiger partial charge is 0.311 e. The third-order valence-electron chi connectivity index (χ3n) is 11.8. The first-order chi connectivity index (χ1) is 22.0. The van der Waals surface area contributed by atoms with E-state index in [0.717, 1.165) is 6.42 Å². The molecule has 0 spiro atoms. The molecular weight excluding hydrogens is 606 g/mol. The molecule has 0 unspecified atom stereocenters. The molecule has 4 rings (SSSR count). The maximum atomic E-state index is 14.3. The molecule has 3 aliphatic heterocycles. The fraction of sp³-hybridized carbons (Fsp3) is 0.889. The third kappa shape index (κ3) is 7.70. The van der Waals surface area contributed by atoms with Gasteiger partial charge in [0.1, 0.15) is 37.0 Å². The van der Waals surface area contributed by atoms with Gasteiger partial charge in [0.15, 0.2) is 12.1 Å². The van der Waals surface area contributed by atoms with Crippen LogP contribution in [0.3, 0.4) is 0 Å². The first-order valence-electron chi connectivity index (χ1n) is 17.5. The number of esters is 1. The Hall–Kier alpha value is -1.76. The van der Waals surface area contributed by atoms with Gasteiger partial charge in [-0.15, -0.1) is 0 Å². The molecule has 14 atom stereocenters. The molecule has 0 aromatic rings. The van der Waals surface area contributed by atoms with Crippen LogP contribution in [0.1, 0.15) is 87.5 Å². The fourth-order valence-electron chi connectivity index (χ4n) is 9.15. The normalized spacial score (nSPS) is 46.0. The zero-order valence-corrected chi connectivity index (χ0v) is 30.4. The van der Waals surface area contributed by atoms with Crippen LogP contribution in [-0.2, 0) is 47.6 Å². The summed E-state index contributed by atoms with van der Waals surface area (Å²) in [4.78, 5) is 56.5. The number of hydrogen-bond donors (Lipinski definition) is 0. The lowest BCUT2D eigenvalue weighted by Crippen LogP contribution is -2.60. The second kappa shape index (κ2) is 15.0. The number of likely N-dealkylation sites (N-methyl/N-ethyl adjacent to an activating group) is 1. The van der Waals surface area contributed by atoms with Crippen molar-refractivity contribution in [1.29, 1.82) is 0 Å². The van der Waals surface area contributed by atoms with E-state index in [4.69, 9.17) is 28.4 Å². The van der Waals surface area contributed by atoms with Crippen LogP contribution in [0, 0.1) is 35.0 Å². The number of fused-ring (bicyclic) bond motifs is 4. The van der Waals surface area contributed by atoms with Crippen molar-refractivity contribution in [2.75, 3.05) is 34.4 Å². The molecule has 268 valence electrons. The topological polar surface area (TPSA) is 127 Å². The van der Waals surface area contributed by atoms with E-state index >= 15 is 0 Å². The molecule has 3 saturated heterocycles. The zero-order valence-electron chi connectivity index (χ0n) is 30.4. The van der Waals surface area contributed by atoms with Crippen molar-refractivity contribution in [2.24, 2.45) is 35.0 Å². The van der Waals surface area contributed by atoms with Crippen LogP contribution in [0.5, 0.6) is 0 Å². The number of ether oxygens (including phenoxy) is 6. The minimum absolute atomic E-state index is 0.00253. The van der Waals surface area contributed by atoms with E-state index in [1.54, 1.807) is 14.0 Å². The molecule has 1 saturated carbocycles. The Morgan fingerprint density at radius 1 is 0.957 bits per heavy atom. The maximum Gasteiger partial charge on any atom is 0.311 e. The van der Waals surface area contributed by atoms with Gasteiger partial charge in [0, 0.05) is 49.2 Å². The highest BCUT2D eigenvalue weighted by atomic mass is 16.7. The van der Waals surface area contributed by atoms with E-state index in [9.17, 15) is 19.2 Å². The molecular formula is C36H59NO10. The van der Waals surface area contributed by atoms with Gasteiger partial charge in [0.2, 0.25) is 0 Å². The lowest BCUT2D eigenvalue weighted by Gasteiger charge is -2.49. The van der Waals surface area contributed by atoms with Crippen molar-refractivity contribution in [3.63, 3.8) is 0 Å². The summed E-state index contributed by atoms with van der Waals surface area (Å²) in [5.74, 6) is -3.21. The molecule has 11 nitrogen and oxygen atoms in total. The Bertz CT molecular complexity index is 1160. The number of cyclic esters (lactones) is 1. The van der Waals surface area contributed by atoms with Gasteiger partial charge in [-0.3, -0.25) is 19.2 Å². The quantitative estimate of drug-likeness (QED) is 0.395. The molecule has 0 radical (unpaired) electrons. The van der Waals surface area contributed by atoms with E-state index < -0.39 is 71.4 Å². The Kier molecular flexibility index (Phi) is 12.1. The van der Waals surface area contributed by atoms with Gasteiger partial charge in [0.05, 0.1) is 29.8 Å². The molecule has 4 fully saturated rings. The van der Waals surface area contributed by atoms with Crippen molar-refractivity contribution in [1.82, 2.24) is 4.90 Å². The Balaban J connectivity index is 1.84. The van der Waals surface area contributed by atoms with Crippen LogP contribution in [0.2, 0.25) is 0 Å². The van der Waals surface area contributed by atoms with Crippen molar-refractivity contribution in [2.45, 2.75) is 136 Å². The van der Waals surface area contributed by atoms with Gasteiger partial charge in [-0.25, -0.2) is 0 Å². The highest BCUT2D eigenvalue weighted by Crippen LogP contribution is 2.51. The molecule has 0 amide bonds. The molecule has 1 aliphatic carbocycles. The predicted octanol–water partition coefficient (Wildman–Crippen LogP) is 4.02. The van der Waals surface area contributed by atoms with Gasteiger partial charge >= 0.3 is 5.97 Å². The Morgan fingerprint density at radius 2 is 1.64 bits per heavy atom. The van der Waals surface area contributed by atoms with E-state index in [-0.39, 0.29) is 67.9 Å². The van der Waals surface area contributed by atoms with Crippen molar-refractivity contribution in [3.8, 4) is 0 Å². The van der Waals surface area contributed by atoms with Gasteiger partial charge in [-0.1, -0.05) is 34.6 Å². The summed E-state index contributed by atoms with van der Waals surface area (Å²) in [5, 5.41) is 0. The first kappa shape index (κ1) is 38.0. The van der Waals surface area contributed by atoms with Crippen molar-refractivity contribution in [3.05, 3.63) is 0 Å².